The van der Waals surface area contributed by atoms with Gasteiger partial charge in [-0.15, -0.1) is 0 Å². The zero-order valence-electron chi connectivity index (χ0n) is 26.5. The van der Waals surface area contributed by atoms with E-state index in [4.69, 9.17) is 10.5 Å². The summed E-state index contributed by atoms with van der Waals surface area (Å²) in [7, 11) is 1.26. The molecule has 0 saturated carbocycles. The van der Waals surface area contributed by atoms with Crippen LogP contribution in [0.3, 0.4) is 0 Å². The molecule has 0 aliphatic rings. The Balaban J connectivity index is 3.27. The molecule has 10 nitrogen and oxygen atoms in total. The van der Waals surface area contributed by atoms with Crippen LogP contribution in [-0.2, 0) is 23.9 Å². The molecule has 1 aromatic carbocycles. The van der Waals surface area contributed by atoms with Gasteiger partial charge in [0.15, 0.2) is 6.29 Å². The molecule has 0 radical (unpaired) electrons. The molecule has 0 fully saturated rings. The number of hydrogen-bond acceptors (Lipinski definition) is 7. The summed E-state index contributed by atoms with van der Waals surface area (Å²) in [5.41, 5.74) is 7.86. The minimum atomic E-state index is -0.971. The Morgan fingerprint density at radius 3 is 1.86 bits per heavy atom. The highest BCUT2D eigenvalue weighted by molar-refractivity contribution is 6.01. The van der Waals surface area contributed by atoms with Gasteiger partial charge in [-0.3, -0.25) is 19.2 Å². The molecule has 1 unspecified atom stereocenters. The van der Waals surface area contributed by atoms with Crippen LogP contribution in [0, 0.1) is 23.7 Å². The number of esters is 1. The molecular weight excluding hydrogens is 536 g/mol. The Labute approximate surface area is 250 Å². The second-order valence-electron chi connectivity index (χ2n) is 12.2. The van der Waals surface area contributed by atoms with Crippen molar-refractivity contribution in [1.82, 2.24) is 16.0 Å². The van der Waals surface area contributed by atoms with Gasteiger partial charge < -0.3 is 26.4 Å². The maximum Gasteiger partial charge on any atom is 0.328 e. The molecule has 4 atom stereocenters. The quantitative estimate of drug-likeness (QED) is 0.132. The Bertz CT molecular complexity index is 1110. The van der Waals surface area contributed by atoms with E-state index in [-0.39, 0.29) is 23.7 Å². The van der Waals surface area contributed by atoms with Gasteiger partial charge in [0.25, 0.3) is 0 Å². The molecule has 0 aliphatic carbocycles. The summed E-state index contributed by atoms with van der Waals surface area (Å²) in [4.78, 5) is 64.0. The monoisotopic (exact) mass is 586 g/mol. The fourth-order valence-corrected chi connectivity index (χ4v) is 4.51. The van der Waals surface area contributed by atoms with Crippen LogP contribution in [-0.4, -0.2) is 61.3 Å². The van der Waals surface area contributed by atoms with E-state index in [0.29, 0.717) is 35.8 Å². The molecule has 0 bridgehead atoms. The lowest BCUT2D eigenvalue weighted by atomic mass is 9.88. The van der Waals surface area contributed by atoms with Crippen LogP contribution < -0.4 is 21.7 Å². The SMILES string of the molecule is COC(=O)[C@H](CC(C)C)NC(=O)[C@@H](CC(C)C)NC(=O)C(NC(=O)/C=C(/c1ccccc1C=O)[C@@H](N)C(C)C)C(C)C. The van der Waals surface area contributed by atoms with Crippen molar-refractivity contribution in [3.63, 3.8) is 0 Å². The van der Waals surface area contributed by atoms with E-state index in [9.17, 15) is 24.0 Å². The summed E-state index contributed by atoms with van der Waals surface area (Å²) in [5, 5.41) is 8.28. The normalized spacial score (nSPS) is 14.8. The van der Waals surface area contributed by atoms with E-state index in [1.165, 1.54) is 13.2 Å². The average molecular weight is 587 g/mol. The number of ether oxygens (including phenoxy) is 1. The van der Waals surface area contributed by atoms with Crippen molar-refractivity contribution < 1.29 is 28.7 Å². The minimum absolute atomic E-state index is 0.0345. The first-order valence-corrected chi connectivity index (χ1v) is 14.6. The highest BCUT2D eigenvalue weighted by atomic mass is 16.5. The smallest absolute Gasteiger partial charge is 0.328 e. The number of methoxy groups -OCH3 is 1. The lowest BCUT2D eigenvalue weighted by molar-refractivity contribution is -0.146. The fourth-order valence-electron chi connectivity index (χ4n) is 4.51. The number of nitrogens with two attached hydrogens (primary N) is 1. The Morgan fingerprint density at radius 1 is 0.810 bits per heavy atom. The Hall–Kier alpha value is -3.53. The summed E-state index contributed by atoms with van der Waals surface area (Å²) < 4.78 is 4.86. The predicted octanol–water partition coefficient (Wildman–Crippen LogP) is 3.24. The maximum absolute atomic E-state index is 13.5. The first-order valence-electron chi connectivity index (χ1n) is 14.6. The topological polar surface area (TPSA) is 157 Å². The molecule has 234 valence electrons. The highest BCUT2D eigenvalue weighted by Crippen LogP contribution is 2.24. The first kappa shape index (κ1) is 36.5. The van der Waals surface area contributed by atoms with Crippen LogP contribution in [0.1, 0.15) is 84.2 Å². The van der Waals surface area contributed by atoms with Gasteiger partial charge in [0.1, 0.15) is 18.1 Å². The third-order valence-corrected chi connectivity index (χ3v) is 6.86. The summed E-state index contributed by atoms with van der Waals surface area (Å²) >= 11 is 0. The Morgan fingerprint density at radius 2 is 1.36 bits per heavy atom. The average Bonchev–Trinajstić information content (AvgIpc) is 2.92. The summed E-state index contributed by atoms with van der Waals surface area (Å²) in [5.74, 6) is -2.33. The van der Waals surface area contributed by atoms with Gasteiger partial charge in [0, 0.05) is 17.7 Å². The van der Waals surface area contributed by atoms with Gasteiger partial charge in [-0.2, -0.15) is 0 Å². The lowest BCUT2D eigenvalue weighted by Gasteiger charge is -2.27. The second-order valence-corrected chi connectivity index (χ2v) is 12.2. The van der Waals surface area contributed by atoms with Gasteiger partial charge in [-0.1, -0.05) is 79.7 Å². The van der Waals surface area contributed by atoms with Crippen molar-refractivity contribution in [2.45, 2.75) is 92.4 Å². The van der Waals surface area contributed by atoms with Crippen LogP contribution in [0.15, 0.2) is 30.3 Å². The number of aldehydes is 1. The molecule has 0 heterocycles. The van der Waals surface area contributed by atoms with Gasteiger partial charge >= 0.3 is 5.97 Å². The van der Waals surface area contributed by atoms with Crippen LogP contribution in [0.5, 0.6) is 0 Å². The third-order valence-electron chi connectivity index (χ3n) is 6.86. The molecule has 1 rings (SSSR count). The molecule has 3 amide bonds. The molecule has 10 heteroatoms. The number of nitrogens with one attached hydrogen (secondary N) is 3. The molecule has 1 aromatic rings. The maximum atomic E-state index is 13.5. The molecule has 5 N–H and O–H groups in total. The molecule has 42 heavy (non-hydrogen) atoms. The van der Waals surface area contributed by atoms with E-state index in [0.717, 1.165) is 0 Å². The zero-order valence-corrected chi connectivity index (χ0v) is 26.5. The fraction of sp³-hybridized carbons (Fsp3) is 0.594. The summed E-state index contributed by atoms with van der Waals surface area (Å²) in [6.45, 7) is 15.1. The van der Waals surface area contributed by atoms with Crippen molar-refractivity contribution in [2.75, 3.05) is 7.11 Å². The van der Waals surface area contributed by atoms with Crippen LogP contribution >= 0.6 is 0 Å². The molecule has 0 saturated heterocycles. The van der Waals surface area contributed by atoms with Crippen LogP contribution in [0.4, 0.5) is 0 Å². The van der Waals surface area contributed by atoms with Crippen molar-refractivity contribution >= 4 is 35.6 Å². The number of hydrogen-bond donors (Lipinski definition) is 4. The number of rotatable bonds is 16. The molecule has 0 aliphatic heterocycles. The standard InChI is InChI=1S/C32H50N4O6/c1-18(2)14-25(30(39)35-26(15-19(3)4)32(41)42-9)34-31(40)29(21(7)8)36-27(38)16-24(28(33)20(5)6)23-13-11-10-12-22(23)17-37/h10-13,16-21,25-26,28-29H,14-15,33H2,1-9H3,(H,34,40)(H,35,39)(H,36,38)/b24-16-/t25-,26+,28+,29?/m1/s1. The van der Waals surface area contributed by atoms with E-state index in [1.807, 2.05) is 41.5 Å². The van der Waals surface area contributed by atoms with Gasteiger partial charge in [-0.25, -0.2) is 4.79 Å². The minimum Gasteiger partial charge on any atom is -0.467 e. The van der Waals surface area contributed by atoms with Crippen molar-refractivity contribution in [1.29, 1.82) is 0 Å². The predicted molar refractivity (Wildman–Crippen MR) is 164 cm³/mol. The molecular formula is C32H50N4O6. The van der Waals surface area contributed by atoms with E-state index in [1.54, 1.807) is 38.1 Å². The number of benzene rings is 1. The highest BCUT2D eigenvalue weighted by Gasteiger charge is 2.32. The van der Waals surface area contributed by atoms with Crippen molar-refractivity contribution in [3.8, 4) is 0 Å². The van der Waals surface area contributed by atoms with Gasteiger partial charge in [-0.05, 0) is 47.6 Å². The number of carbonyl (C=O) groups excluding carboxylic acids is 5. The zero-order chi connectivity index (χ0) is 32.1. The largest absolute Gasteiger partial charge is 0.467 e. The van der Waals surface area contributed by atoms with Gasteiger partial charge in [0.05, 0.1) is 7.11 Å². The first-order chi connectivity index (χ1) is 19.6. The summed E-state index contributed by atoms with van der Waals surface area (Å²) in [6.07, 6.45) is 2.75. The lowest BCUT2D eigenvalue weighted by Crippen LogP contribution is -2.57. The van der Waals surface area contributed by atoms with Crippen LogP contribution in [0.2, 0.25) is 0 Å². The van der Waals surface area contributed by atoms with E-state index in [2.05, 4.69) is 16.0 Å². The number of amides is 3. The van der Waals surface area contributed by atoms with Gasteiger partial charge in [0.2, 0.25) is 17.7 Å². The van der Waals surface area contributed by atoms with Crippen molar-refractivity contribution in [3.05, 3.63) is 41.5 Å². The third kappa shape index (κ3) is 11.4. The van der Waals surface area contributed by atoms with Crippen molar-refractivity contribution in [2.24, 2.45) is 29.4 Å². The molecule has 0 spiro atoms. The Kier molecular flexibility index (Phi) is 15.1. The van der Waals surface area contributed by atoms with E-state index >= 15 is 0 Å². The second kappa shape index (κ2) is 17.4. The number of carbonyl (C=O) groups is 5. The van der Waals surface area contributed by atoms with E-state index < -0.39 is 47.9 Å². The summed E-state index contributed by atoms with van der Waals surface area (Å²) in [6, 6.07) is 3.57. The molecule has 0 aromatic heterocycles. The van der Waals surface area contributed by atoms with Crippen LogP contribution in [0.25, 0.3) is 5.57 Å².